The van der Waals surface area contributed by atoms with Crippen LogP contribution in [0.2, 0.25) is 0 Å². The third-order valence-corrected chi connectivity index (χ3v) is 8.96. The second-order valence-corrected chi connectivity index (χ2v) is 11.4. The van der Waals surface area contributed by atoms with Crippen LogP contribution in [0.3, 0.4) is 0 Å². The second-order valence-electron chi connectivity index (χ2n) is 8.36. The number of aromatic amines is 1. The number of para-hydroxylation sites is 2. The number of benzene rings is 3. The van der Waals surface area contributed by atoms with E-state index in [9.17, 15) is 8.42 Å². The standard InChI is InChI=1S/C26H27N5O2S2/c1-29(18-21-9-3-2-4-10-21)35(32,33)26-14-8-6-12-24(26)31-16-15-30(19-22-17-27-20-28-22)23-11-5-7-13-25(23)34-31/h2-14,17,20H,15-16,18-19H2,1H3,(H,27,28). The number of fused-ring (bicyclic) bond motifs is 1. The van der Waals surface area contributed by atoms with Gasteiger partial charge in [-0.15, -0.1) is 0 Å². The van der Waals surface area contributed by atoms with Crippen molar-refractivity contribution in [3.05, 3.63) is 103 Å². The SMILES string of the molecule is CN(Cc1ccccc1)S(=O)(=O)c1ccccc1N1CCN(Cc2c[nH]cn2)c2ccccc2S1. The van der Waals surface area contributed by atoms with Crippen molar-refractivity contribution in [3.63, 3.8) is 0 Å². The molecule has 1 aliphatic heterocycles. The first-order valence-corrected chi connectivity index (χ1v) is 13.6. The maximum Gasteiger partial charge on any atom is 0.245 e. The molecule has 0 saturated carbocycles. The fraction of sp³-hybridized carbons (Fsp3) is 0.192. The smallest absolute Gasteiger partial charge is 0.245 e. The van der Waals surface area contributed by atoms with Crippen LogP contribution in [0.15, 0.2) is 101 Å². The Balaban J connectivity index is 1.45. The van der Waals surface area contributed by atoms with Gasteiger partial charge in [0.05, 0.1) is 34.8 Å². The zero-order valence-corrected chi connectivity index (χ0v) is 21.0. The van der Waals surface area contributed by atoms with Gasteiger partial charge in [-0.2, -0.15) is 4.31 Å². The zero-order chi connectivity index (χ0) is 24.3. The Labute approximate surface area is 210 Å². The average Bonchev–Trinajstić information content (AvgIpc) is 3.32. The number of H-pyrrole nitrogens is 1. The fourth-order valence-corrected chi connectivity index (χ4v) is 6.68. The summed E-state index contributed by atoms with van der Waals surface area (Å²) in [5.41, 5.74) is 3.71. The predicted octanol–water partition coefficient (Wildman–Crippen LogP) is 4.76. The molecule has 0 atom stereocenters. The van der Waals surface area contributed by atoms with Gasteiger partial charge < -0.3 is 14.2 Å². The topological polar surface area (TPSA) is 72.5 Å². The Kier molecular flexibility index (Phi) is 6.81. The number of anilines is 2. The summed E-state index contributed by atoms with van der Waals surface area (Å²) < 4.78 is 30.9. The fourth-order valence-electron chi connectivity index (χ4n) is 4.17. The molecule has 0 aliphatic carbocycles. The van der Waals surface area contributed by atoms with Gasteiger partial charge >= 0.3 is 0 Å². The molecule has 0 saturated heterocycles. The van der Waals surface area contributed by atoms with Gasteiger partial charge in [-0.25, -0.2) is 13.4 Å². The van der Waals surface area contributed by atoms with Crippen molar-refractivity contribution in [1.82, 2.24) is 14.3 Å². The van der Waals surface area contributed by atoms with E-state index in [-0.39, 0.29) is 0 Å². The van der Waals surface area contributed by atoms with Crippen molar-refractivity contribution in [2.45, 2.75) is 22.9 Å². The molecule has 0 radical (unpaired) electrons. The number of hydrogen-bond donors (Lipinski definition) is 1. The lowest BCUT2D eigenvalue weighted by Gasteiger charge is -2.26. The lowest BCUT2D eigenvalue weighted by molar-refractivity contribution is 0.467. The molecule has 0 fully saturated rings. The summed E-state index contributed by atoms with van der Waals surface area (Å²) in [7, 11) is -2.08. The first-order valence-electron chi connectivity index (χ1n) is 11.4. The van der Waals surface area contributed by atoms with Crippen LogP contribution in [0.4, 0.5) is 11.4 Å². The normalized spacial score (nSPS) is 14.1. The number of sulfonamides is 1. The predicted molar refractivity (Wildman–Crippen MR) is 141 cm³/mol. The van der Waals surface area contributed by atoms with E-state index in [1.807, 2.05) is 60.8 Å². The molecule has 0 bridgehead atoms. The summed E-state index contributed by atoms with van der Waals surface area (Å²) in [6, 6.07) is 25.1. The summed E-state index contributed by atoms with van der Waals surface area (Å²) in [6.07, 6.45) is 3.59. The summed E-state index contributed by atoms with van der Waals surface area (Å²) >= 11 is 1.57. The number of rotatable bonds is 7. The van der Waals surface area contributed by atoms with Crippen molar-refractivity contribution in [2.24, 2.45) is 0 Å². The van der Waals surface area contributed by atoms with Gasteiger partial charge in [0.15, 0.2) is 0 Å². The number of hydrogen-bond acceptors (Lipinski definition) is 6. The van der Waals surface area contributed by atoms with Crippen molar-refractivity contribution in [2.75, 3.05) is 29.3 Å². The van der Waals surface area contributed by atoms with Gasteiger partial charge in [0.1, 0.15) is 4.90 Å². The van der Waals surface area contributed by atoms with E-state index in [1.165, 1.54) is 4.31 Å². The molecule has 3 aromatic carbocycles. The molecular formula is C26H27N5O2S2. The lowest BCUT2D eigenvalue weighted by atomic mass is 10.2. The van der Waals surface area contributed by atoms with Gasteiger partial charge in [-0.05, 0) is 41.8 Å². The van der Waals surface area contributed by atoms with Crippen molar-refractivity contribution in [1.29, 1.82) is 0 Å². The van der Waals surface area contributed by atoms with Crippen LogP contribution in [0.1, 0.15) is 11.3 Å². The quantitative estimate of drug-likeness (QED) is 0.365. The molecular weight excluding hydrogens is 478 g/mol. The molecule has 0 unspecified atom stereocenters. The van der Waals surface area contributed by atoms with Gasteiger partial charge in [0.2, 0.25) is 10.0 Å². The molecule has 7 nitrogen and oxygen atoms in total. The number of nitrogens with zero attached hydrogens (tertiary/aromatic N) is 4. The highest BCUT2D eigenvalue weighted by Gasteiger charge is 2.29. The number of imidazole rings is 1. The third kappa shape index (κ3) is 5.07. The van der Waals surface area contributed by atoms with Gasteiger partial charge in [0.25, 0.3) is 0 Å². The first kappa shape index (κ1) is 23.5. The number of nitrogens with one attached hydrogen (secondary N) is 1. The largest absolute Gasteiger partial charge is 0.363 e. The van der Waals surface area contributed by atoms with E-state index in [0.29, 0.717) is 30.2 Å². The molecule has 180 valence electrons. The van der Waals surface area contributed by atoms with Crippen molar-refractivity contribution < 1.29 is 8.42 Å². The third-order valence-electron chi connectivity index (χ3n) is 5.97. The Morgan fingerprint density at radius 1 is 0.943 bits per heavy atom. The van der Waals surface area contributed by atoms with Crippen LogP contribution in [0.5, 0.6) is 0 Å². The van der Waals surface area contributed by atoms with Crippen molar-refractivity contribution in [3.8, 4) is 0 Å². The van der Waals surface area contributed by atoms with Crippen LogP contribution < -0.4 is 9.21 Å². The van der Waals surface area contributed by atoms with E-state index in [4.69, 9.17) is 0 Å². The molecule has 1 N–H and O–H groups in total. The molecule has 5 rings (SSSR count). The van der Waals surface area contributed by atoms with E-state index in [1.54, 1.807) is 37.5 Å². The first-order chi connectivity index (χ1) is 17.0. The Morgan fingerprint density at radius 3 is 2.43 bits per heavy atom. The maximum atomic E-state index is 13.7. The minimum atomic E-state index is -3.71. The van der Waals surface area contributed by atoms with E-state index in [2.05, 4.69) is 31.3 Å². The highest BCUT2D eigenvalue weighted by Crippen LogP contribution is 2.40. The Hall–Kier alpha value is -3.27. The molecule has 0 amide bonds. The highest BCUT2D eigenvalue weighted by atomic mass is 32.2. The molecule has 1 aliphatic rings. The van der Waals surface area contributed by atoms with Gasteiger partial charge in [-0.1, -0.05) is 54.6 Å². The van der Waals surface area contributed by atoms with E-state index >= 15 is 0 Å². The van der Waals surface area contributed by atoms with E-state index in [0.717, 1.165) is 28.4 Å². The second kappa shape index (κ2) is 10.2. The van der Waals surface area contributed by atoms with Gasteiger partial charge in [0, 0.05) is 32.9 Å². The molecule has 0 spiro atoms. The monoisotopic (exact) mass is 505 g/mol. The number of aromatic nitrogens is 2. The highest BCUT2D eigenvalue weighted by molar-refractivity contribution is 8.01. The van der Waals surface area contributed by atoms with Crippen LogP contribution >= 0.6 is 11.9 Å². The molecule has 35 heavy (non-hydrogen) atoms. The minimum absolute atomic E-state index is 0.309. The molecule has 9 heteroatoms. The Morgan fingerprint density at radius 2 is 1.66 bits per heavy atom. The summed E-state index contributed by atoms with van der Waals surface area (Å²) in [4.78, 5) is 11.1. The minimum Gasteiger partial charge on any atom is -0.363 e. The van der Waals surface area contributed by atoms with Crippen LogP contribution in [-0.4, -0.2) is 42.8 Å². The van der Waals surface area contributed by atoms with Gasteiger partial charge in [-0.3, -0.25) is 0 Å². The van der Waals surface area contributed by atoms with Crippen molar-refractivity contribution >= 4 is 33.3 Å². The molecule has 1 aromatic heterocycles. The van der Waals surface area contributed by atoms with Crippen LogP contribution in [0.25, 0.3) is 0 Å². The Bertz CT molecular complexity index is 1380. The van der Waals surface area contributed by atoms with Crippen LogP contribution in [0, 0.1) is 0 Å². The zero-order valence-electron chi connectivity index (χ0n) is 19.4. The maximum absolute atomic E-state index is 13.7. The summed E-state index contributed by atoms with van der Waals surface area (Å²) in [5, 5.41) is 0. The molecule has 4 aromatic rings. The molecule has 2 heterocycles. The summed E-state index contributed by atoms with van der Waals surface area (Å²) in [5.74, 6) is 0. The average molecular weight is 506 g/mol. The lowest BCUT2D eigenvalue weighted by Crippen LogP contribution is -2.31. The van der Waals surface area contributed by atoms with Crippen LogP contribution in [-0.2, 0) is 23.1 Å². The van der Waals surface area contributed by atoms with E-state index < -0.39 is 10.0 Å². The summed E-state index contributed by atoms with van der Waals surface area (Å²) in [6.45, 7) is 2.36.